The summed E-state index contributed by atoms with van der Waals surface area (Å²) >= 11 is 5.23. The van der Waals surface area contributed by atoms with E-state index in [1.807, 2.05) is 4.90 Å². The van der Waals surface area contributed by atoms with Crippen LogP contribution in [-0.4, -0.2) is 66.6 Å². The normalized spacial score (nSPS) is 26.6. The van der Waals surface area contributed by atoms with Crippen molar-refractivity contribution in [3.63, 3.8) is 0 Å². The van der Waals surface area contributed by atoms with Crippen molar-refractivity contribution in [2.24, 2.45) is 17.1 Å². The zero-order valence-electron chi connectivity index (χ0n) is 12.6. The number of rotatable bonds is 4. The predicted molar refractivity (Wildman–Crippen MR) is 85.0 cm³/mol. The van der Waals surface area contributed by atoms with Gasteiger partial charge in [-0.1, -0.05) is 12.2 Å². The molecule has 0 spiro atoms. The van der Waals surface area contributed by atoms with E-state index in [2.05, 4.69) is 4.90 Å². The van der Waals surface area contributed by atoms with E-state index in [1.165, 1.54) is 19.4 Å². The lowest BCUT2D eigenvalue weighted by Gasteiger charge is -2.42. The number of piperazine rings is 1. The lowest BCUT2D eigenvalue weighted by atomic mass is 9.78. The third kappa shape index (κ3) is 3.22. The van der Waals surface area contributed by atoms with Gasteiger partial charge in [-0.05, 0) is 31.6 Å². The average molecular weight is 311 g/mol. The first-order valence-electron chi connectivity index (χ1n) is 8.01. The molecule has 0 aromatic heterocycles. The molecule has 6 heteroatoms. The van der Waals surface area contributed by atoms with E-state index in [0.717, 1.165) is 32.1 Å². The van der Waals surface area contributed by atoms with Gasteiger partial charge in [-0.2, -0.15) is 0 Å². The highest BCUT2D eigenvalue weighted by Gasteiger charge is 2.45. The molecule has 1 aliphatic carbocycles. The molecule has 0 unspecified atom stereocenters. The third-order valence-electron chi connectivity index (χ3n) is 5.10. The number of thiocarbonyl (C=S) groups is 1. The molecule has 0 bridgehead atoms. The molecule has 118 valence electrons. The Kier molecular flexibility index (Phi) is 4.47. The van der Waals surface area contributed by atoms with Gasteiger partial charge in [0, 0.05) is 45.9 Å². The number of ether oxygens (including phenoxy) is 1. The summed E-state index contributed by atoms with van der Waals surface area (Å²) in [7, 11) is 0. The van der Waals surface area contributed by atoms with Crippen LogP contribution in [0.5, 0.6) is 0 Å². The van der Waals surface area contributed by atoms with Crippen LogP contribution in [0.3, 0.4) is 0 Å². The van der Waals surface area contributed by atoms with Gasteiger partial charge in [-0.3, -0.25) is 9.69 Å². The monoisotopic (exact) mass is 311 g/mol. The molecule has 2 aliphatic heterocycles. The maximum absolute atomic E-state index is 12.9. The SMILES string of the molecule is NC(=S)C1(C(=O)N2CCN(CC3CC3)CC2)CCOCC1. The summed E-state index contributed by atoms with van der Waals surface area (Å²) in [5.74, 6) is 1.04. The Balaban J connectivity index is 1.60. The standard InChI is InChI=1S/C15H25N3O2S/c16-13(21)15(3-9-20-10-4-15)14(19)18-7-5-17(6-8-18)11-12-1-2-12/h12H,1-11H2,(H2,16,21). The molecule has 0 radical (unpaired) electrons. The van der Waals surface area contributed by atoms with Gasteiger partial charge >= 0.3 is 0 Å². The van der Waals surface area contributed by atoms with E-state index < -0.39 is 5.41 Å². The number of amides is 1. The van der Waals surface area contributed by atoms with Gasteiger partial charge in [0.1, 0.15) is 5.41 Å². The van der Waals surface area contributed by atoms with Gasteiger partial charge in [-0.25, -0.2) is 0 Å². The van der Waals surface area contributed by atoms with Gasteiger partial charge < -0.3 is 15.4 Å². The Labute approximate surface area is 131 Å². The fraction of sp³-hybridized carbons (Fsp3) is 0.867. The molecule has 0 aromatic carbocycles. The fourth-order valence-corrected chi connectivity index (χ4v) is 3.68. The number of nitrogens with zero attached hydrogens (tertiary/aromatic N) is 2. The van der Waals surface area contributed by atoms with E-state index in [9.17, 15) is 4.79 Å². The van der Waals surface area contributed by atoms with Crippen LogP contribution in [-0.2, 0) is 9.53 Å². The summed E-state index contributed by atoms with van der Waals surface area (Å²) in [6.07, 6.45) is 4.01. The van der Waals surface area contributed by atoms with Crippen molar-refractivity contribution in [2.45, 2.75) is 25.7 Å². The number of carbonyl (C=O) groups excluding carboxylic acids is 1. The van der Waals surface area contributed by atoms with Crippen molar-refractivity contribution in [1.82, 2.24) is 9.80 Å². The first-order chi connectivity index (χ1) is 10.1. The van der Waals surface area contributed by atoms with Crippen molar-refractivity contribution >= 4 is 23.1 Å². The number of carbonyl (C=O) groups is 1. The Morgan fingerprint density at radius 3 is 2.33 bits per heavy atom. The molecular weight excluding hydrogens is 286 g/mol. The summed E-state index contributed by atoms with van der Waals surface area (Å²) < 4.78 is 5.39. The van der Waals surface area contributed by atoms with Crippen molar-refractivity contribution in [3.05, 3.63) is 0 Å². The van der Waals surface area contributed by atoms with Crippen molar-refractivity contribution < 1.29 is 9.53 Å². The van der Waals surface area contributed by atoms with Crippen LogP contribution in [0.4, 0.5) is 0 Å². The summed E-state index contributed by atoms with van der Waals surface area (Å²) in [5, 5.41) is 0. The van der Waals surface area contributed by atoms with Gasteiger partial charge in [0.25, 0.3) is 0 Å². The molecule has 2 N–H and O–H groups in total. The molecule has 0 aromatic rings. The largest absolute Gasteiger partial charge is 0.392 e. The summed E-state index contributed by atoms with van der Waals surface area (Å²) in [5.41, 5.74) is 5.27. The first-order valence-corrected chi connectivity index (χ1v) is 8.42. The first kappa shape index (κ1) is 15.2. The van der Waals surface area contributed by atoms with E-state index in [0.29, 0.717) is 31.0 Å². The second-order valence-electron chi connectivity index (χ2n) is 6.59. The highest BCUT2D eigenvalue weighted by Crippen LogP contribution is 2.34. The summed E-state index contributed by atoms with van der Waals surface area (Å²) in [6.45, 7) is 5.91. The Bertz CT molecular complexity index is 411. The molecule has 1 saturated carbocycles. The zero-order valence-corrected chi connectivity index (χ0v) is 13.4. The summed E-state index contributed by atoms with van der Waals surface area (Å²) in [4.78, 5) is 17.7. The number of nitrogens with two attached hydrogens (primary N) is 1. The molecule has 2 heterocycles. The quantitative estimate of drug-likeness (QED) is 0.772. The second-order valence-corrected chi connectivity index (χ2v) is 7.03. The molecule has 0 atom stereocenters. The fourth-order valence-electron chi connectivity index (χ4n) is 3.39. The van der Waals surface area contributed by atoms with Crippen LogP contribution in [0.1, 0.15) is 25.7 Å². The van der Waals surface area contributed by atoms with Crippen LogP contribution >= 0.6 is 12.2 Å². The van der Waals surface area contributed by atoms with Crippen LogP contribution in [0.15, 0.2) is 0 Å². The molecule has 5 nitrogen and oxygen atoms in total. The molecular formula is C15H25N3O2S. The lowest BCUT2D eigenvalue weighted by Crippen LogP contribution is -2.57. The Morgan fingerprint density at radius 1 is 1.19 bits per heavy atom. The molecule has 2 saturated heterocycles. The highest BCUT2D eigenvalue weighted by molar-refractivity contribution is 7.80. The maximum atomic E-state index is 12.9. The molecule has 21 heavy (non-hydrogen) atoms. The molecule has 1 amide bonds. The maximum Gasteiger partial charge on any atom is 0.235 e. The highest BCUT2D eigenvalue weighted by atomic mass is 32.1. The van der Waals surface area contributed by atoms with Gasteiger partial charge in [0.2, 0.25) is 5.91 Å². The number of hydrogen-bond acceptors (Lipinski definition) is 4. The van der Waals surface area contributed by atoms with E-state index in [-0.39, 0.29) is 5.91 Å². The van der Waals surface area contributed by atoms with Crippen LogP contribution in [0.2, 0.25) is 0 Å². The minimum absolute atomic E-state index is 0.129. The third-order valence-corrected chi connectivity index (χ3v) is 5.49. The molecule has 3 fully saturated rings. The summed E-state index contributed by atoms with van der Waals surface area (Å²) in [6, 6.07) is 0. The minimum Gasteiger partial charge on any atom is -0.392 e. The van der Waals surface area contributed by atoms with Crippen LogP contribution in [0, 0.1) is 11.3 Å². The average Bonchev–Trinajstić information content (AvgIpc) is 3.32. The smallest absolute Gasteiger partial charge is 0.235 e. The van der Waals surface area contributed by atoms with E-state index in [1.54, 1.807) is 0 Å². The number of hydrogen-bond donors (Lipinski definition) is 1. The van der Waals surface area contributed by atoms with E-state index in [4.69, 9.17) is 22.7 Å². The molecule has 3 aliphatic rings. The molecule has 3 rings (SSSR count). The van der Waals surface area contributed by atoms with E-state index >= 15 is 0 Å². The minimum atomic E-state index is -0.660. The Morgan fingerprint density at radius 2 is 1.81 bits per heavy atom. The predicted octanol–water partition coefficient (Wildman–Crippen LogP) is 0.623. The van der Waals surface area contributed by atoms with Crippen molar-refractivity contribution in [2.75, 3.05) is 45.9 Å². The van der Waals surface area contributed by atoms with Gasteiger partial charge in [0.05, 0.1) is 4.99 Å². The lowest BCUT2D eigenvalue weighted by molar-refractivity contribution is -0.144. The second kappa shape index (κ2) is 6.18. The topological polar surface area (TPSA) is 58.8 Å². The van der Waals surface area contributed by atoms with Gasteiger partial charge in [0.15, 0.2) is 0 Å². The van der Waals surface area contributed by atoms with Crippen LogP contribution < -0.4 is 5.73 Å². The van der Waals surface area contributed by atoms with Gasteiger partial charge in [-0.15, -0.1) is 0 Å². The van der Waals surface area contributed by atoms with Crippen LogP contribution in [0.25, 0.3) is 0 Å². The van der Waals surface area contributed by atoms with Crippen molar-refractivity contribution in [1.29, 1.82) is 0 Å². The zero-order chi connectivity index (χ0) is 14.9. The Hall–Kier alpha value is -0.720. The van der Waals surface area contributed by atoms with Crippen molar-refractivity contribution in [3.8, 4) is 0 Å².